The number of halogens is 1. The van der Waals surface area contributed by atoms with Gasteiger partial charge in [0.25, 0.3) is 5.56 Å². The topological polar surface area (TPSA) is 97.4 Å². The van der Waals surface area contributed by atoms with E-state index >= 15 is 0 Å². The lowest BCUT2D eigenvalue weighted by molar-refractivity contribution is 0.168. The first-order valence-electron chi connectivity index (χ1n) is 10.8. The van der Waals surface area contributed by atoms with E-state index in [-0.39, 0.29) is 31.1 Å². The predicted octanol–water partition coefficient (Wildman–Crippen LogP) is 1.21. The molecular weight excluding hydrogens is 437 g/mol. The number of ether oxygens (including phenoxy) is 1. The van der Waals surface area contributed by atoms with Crippen molar-refractivity contribution in [1.29, 1.82) is 0 Å². The Balaban J connectivity index is 1.53. The van der Waals surface area contributed by atoms with E-state index in [2.05, 4.69) is 15.0 Å². The van der Waals surface area contributed by atoms with Crippen molar-refractivity contribution in [3.63, 3.8) is 0 Å². The highest BCUT2D eigenvalue weighted by molar-refractivity contribution is 5.58. The molecular formula is C25H24FN5O3. The third kappa shape index (κ3) is 3.73. The summed E-state index contributed by atoms with van der Waals surface area (Å²) in [7, 11) is 1.59. The molecule has 0 fully saturated rings. The molecule has 0 aliphatic carbocycles. The van der Waals surface area contributed by atoms with Gasteiger partial charge in [0, 0.05) is 12.7 Å². The van der Waals surface area contributed by atoms with Gasteiger partial charge in [-0.1, -0.05) is 18.2 Å². The third-order valence-corrected chi connectivity index (χ3v) is 6.23. The number of hydrogen-bond donors (Lipinski definition) is 2. The standard InChI is InChI=1S/C25H24FN5O3/c1-16-11-30(15-28-16)21-8-3-17(10-22(21)34-2)9-20-23(33)31-13-25(14-32,12-27-24(31)29-20)18-4-6-19(26)7-5-18/h3-11,15,32H,12-14H2,1-2H3,(H,27,29)/b20-9-. The third-order valence-electron chi connectivity index (χ3n) is 6.23. The molecule has 1 atom stereocenters. The lowest BCUT2D eigenvalue weighted by atomic mass is 9.80. The average molecular weight is 461 g/mol. The minimum Gasteiger partial charge on any atom is -0.495 e. The van der Waals surface area contributed by atoms with E-state index in [1.807, 2.05) is 35.9 Å². The van der Waals surface area contributed by atoms with Crippen molar-refractivity contribution in [3.8, 4) is 11.4 Å². The van der Waals surface area contributed by atoms with E-state index in [0.29, 0.717) is 16.7 Å². The van der Waals surface area contributed by atoms with Gasteiger partial charge in [0.15, 0.2) is 0 Å². The molecule has 0 spiro atoms. The Bertz CT molecular complexity index is 1530. The maximum absolute atomic E-state index is 13.4. The quantitative estimate of drug-likeness (QED) is 0.467. The van der Waals surface area contributed by atoms with Gasteiger partial charge in [-0.2, -0.15) is 0 Å². The van der Waals surface area contributed by atoms with Crippen LogP contribution in [0, 0.1) is 12.7 Å². The summed E-state index contributed by atoms with van der Waals surface area (Å²) in [6, 6.07) is 11.6. The molecule has 0 amide bonds. The number of benzene rings is 2. The van der Waals surface area contributed by atoms with Gasteiger partial charge in [0.2, 0.25) is 5.62 Å². The minimum absolute atomic E-state index is 0.218. The summed E-state index contributed by atoms with van der Waals surface area (Å²) in [5, 5.41) is 10.6. The molecule has 3 heterocycles. The van der Waals surface area contributed by atoms with Gasteiger partial charge in [-0.25, -0.2) is 9.37 Å². The molecule has 0 radical (unpaired) electrons. The number of rotatable bonds is 5. The molecule has 0 saturated heterocycles. The van der Waals surface area contributed by atoms with Crippen LogP contribution in [0.3, 0.4) is 0 Å². The first-order chi connectivity index (χ1) is 16.4. The van der Waals surface area contributed by atoms with Crippen LogP contribution < -0.4 is 21.3 Å². The minimum atomic E-state index is -0.794. The molecule has 4 aromatic rings. The average Bonchev–Trinajstić information content (AvgIpc) is 3.42. The zero-order valence-corrected chi connectivity index (χ0v) is 18.8. The van der Waals surface area contributed by atoms with Crippen LogP contribution in [0.4, 0.5) is 4.39 Å². The van der Waals surface area contributed by atoms with Gasteiger partial charge in [-0.05, 0) is 48.4 Å². The fourth-order valence-corrected chi connectivity index (χ4v) is 4.33. The van der Waals surface area contributed by atoms with Crippen LogP contribution in [-0.4, -0.2) is 44.5 Å². The van der Waals surface area contributed by atoms with Crippen LogP contribution >= 0.6 is 0 Å². The maximum Gasteiger partial charge on any atom is 0.277 e. The zero-order valence-electron chi connectivity index (χ0n) is 18.8. The van der Waals surface area contributed by atoms with Crippen molar-refractivity contribution >= 4 is 6.08 Å². The highest BCUT2D eigenvalue weighted by Gasteiger charge is 2.35. The summed E-state index contributed by atoms with van der Waals surface area (Å²) in [5.41, 5.74) is 2.65. The van der Waals surface area contributed by atoms with E-state index in [0.717, 1.165) is 22.5 Å². The molecule has 1 aliphatic rings. The zero-order chi connectivity index (χ0) is 23.9. The Morgan fingerprint density at radius 3 is 2.74 bits per heavy atom. The number of hydrogen-bond acceptors (Lipinski definition) is 5. The summed E-state index contributed by atoms with van der Waals surface area (Å²) in [6.07, 6.45) is 5.37. The normalized spacial score (nSPS) is 17.9. The molecule has 9 heteroatoms. The summed E-state index contributed by atoms with van der Waals surface area (Å²) in [6.45, 7) is 2.21. The van der Waals surface area contributed by atoms with Gasteiger partial charge in [-0.15, -0.1) is 0 Å². The molecule has 2 aromatic heterocycles. The fourth-order valence-electron chi connectivity index (χ4n) is 4.33. The fraction of sp³-hybridized carbons (Fsp3) is 0.240. The molecule has 5 rings (SSSR count). The summed E-state index contributed by atoms with van der Waals surface area (Å²) < 4.78 is 22.4. The van der Waals surface area contributed by atoms with E-state index in [1.165, 1.54) is 16.7 Å². The number of aromatic nitrogens is 4. The van der Waals surface area contributed by atoms with Crippen LogP contribution in [-0.2, 0) is 12.0 Å². The van der Waals surface area contributed by atoms with Crippen LogP contribution in [0.25, 0.3) is 11.8 Å². The largest absolute Gasteiger partial charge is 0.495 e. The Kier molecular flexibility index (Phi) is 5.41. The van der Waals surface area contributed by atoms with Crippen LogP contribution in [0.5, 0.6) is 5.75 Å². The number of fused-ring (bicyclic) bond motifs is 1. The van der Waals surface area contributed by atoms with Crippen molar-refractivity contribution in [1.82, 2.24) is 19.1 Å². The smallest absolute Gasteiger partial charge is 0.277 e. The summed E-state index contributed by atoms with van der Waals surface area (Å²) in [4.78, 5) is 25.1. The highest BCUT2D eigenvalue weighted by atomic mass is 19.1. The van der Waals surface area contributed by atoms with E-state index < -0.39 is 5.41 Å². The summed E-state index contributed by atoms with van der Waals surface area (Å²) >= 11 is 0. The first kappa shape index (κ1) is 21.8. The second kappa shape index (κ2) is 8.42. The number of aliphatic hydroxyl groups excluding tert-OH is 1. The molecule has 2 aromatic carbocycles. The van der Waals surface area contributed by atoms with Gasteiger partial charge >= 0.3 is 0 Å². The monoisotopic (exact) mass is 461 g/mol. The second-order valence-corrected chi connectivity index (χ2v) is 8.51. The lowest BCUT2D eigenvalue weighted by Gasteiger charge is -2.33. The predicted molar refractivity (Wildman–Crippen MR) is 124 cm³/mol. The number of imidazole rings is 2. The molecule has 2 N–H and O–H groups in total. The molecule has 1 unspecified atom stereocenters. The molecule has 0 saturated carbocycles. The number of nitrogens with zero attached hydrogens (tertiary/aromatic N) is 4. The van der Waals surface area contributed by atoms with Crippen molar-refractivity contribution in [2.24, 2.45) is 4.99 Å². The van der Waals surface area contributed by atoms with Gasteiger partial charge in [0.05, 0.1) is 43.4 Å². The van der Waals surface area contributed by atoms with Crippen LogP contribution in [0.15, 0.2) is 64.8 Å². The Labute approximate surface area is 194 Å². The van der Waals surface area contributed by atoms with Crippen molar-refractivity contribution < 1.29 is 14.2 Å². The number of aliphatic hydroxyl groups is 1. The number of aryl methyl sites for hydroxylation is 1. The molecule has 8 nitrogen and oxygen atoms in total. The molecule has 34 heavy (non-hydrogen) atoms. The number of H-pyrrole nitrogens is 1. The van der Waals surface area contributed by atoms with Gasteiger partial charge in [0.1, 0.15) is 16.9 Å². The Morgan fingerprint density at radius 1 is 1.26 bits per heavy atom. The van der Waals surface area contributed by atoms with E-state index in [1.54, 1.807) is 31.6 Å². The van der Waals surface area contributed by atoms with Gasteiger partial charge in [-0.3, -0.25) is 14.4 Å². The Hall–Kier alpha value is -3.98. The first-order valence-corrected chi connectivity index (χ1v) is 10.8. The number of methoxy groups -OCH3 is 1. The molecule has 174 valence electrons. The van der Waals surface area contributed by atoms with Crippen molar-refractivity contribution in [2.45, 2.75) is 18.9 Å². The van der Waals surface area contributed by atoms with E-state index in [9.17, 15) is 14.3 Å². The number of aromatic amines is 1. The SMILES string of the molecule is COc1cc(/C=c2\[nH]c3n(c2=O)CC(CO)(c2ccc(F)cc2)CN=3)ccc1-n1cnc(C)c1. The highest BCUT2D eigenvalue weighted by Crippen LogP contribution is 2.28. The van der Waals surface area contributed by atoms with Crippen LogP contribution in [0.2, 0.25) is 0 Å². The maximum atomic E-state index is 13.4. The van der Waals surface area contributed by atoms with Crippen molar-refractivity contribution in [3.05, 3.63) is 98.9 Å². The van der Waals surface area contributed by atoms with Gasteiger partial charge < -0.3 is 19.4 Å². The molecule has 0 bridgehead atoms. The van der Waals surface area contributed by atoms with E-state index in [4.69, 9.17) is 4.74 Å². The van der Waals surface area contributed by atoms with Crippen LogP contribution in [0.1, 0.15) is 16.8 Å². The molecule has 1 aliphatic heterocycles. The summed E-state index contributed by atoms with van der Waals surface area (Å²) in [5.74, 6) is 0.286. The van der Waals surface area contributed by atoms with Crippen molar-refractivity contribution in [2.75, 3.05) is 20.3 Å². The number of nitrogens with one attached hydrogen (secondary N) is 1. The Morgan fingerprint density at radius 2 is 2.06 bits per heavy atom. The lowest BCUT2D eigenvalue weighted by Crippen LogP contribution is -2.48. The second-order valence-electron chi connectivity index (χ2n) is 8.51.